The summed E-state index contributed by atoms with van der Waals surface area (Å²) in [6.07, 6.45) is 17.5. The topological polar surface area (TPSA) is 37.3 Å². The van der Waals surface area contributed by atoms with Gasteiger partial charge in [0, 0.05) is 12.8 Å². The van der Waals surface area contributed by atoms with Crippen molar-refractivity contribution < 1.29 is 9.90 Å². The Morgan fingerprint density at radius 3 is 2.30 bits per heavy atom. The van der Waals surface area contributed by atoms with Crippen LogP contribution in [-0.4, -0.2) is 11.1 Å². The van der Waals surface area contributed by atoms with E-state index >= 15 is 0 Å². The zero-order chi connectivity index (χ0) is 14.9. The van der Waals surface area contributed by atoms with Gasteiger partial charge in [-0.25, -0.2) is 0 Å². The van der Waals surface area contributed by atoms with Crippen molar-refractivity contribution in [3.05, 3.63) is 12.2 Å². The van der Waals surface area contributed by atoms with Crippen LogP contribution >= 0.6 is 0 Å². The lowest BCUT2D eigenvalue weighted by Gasteiger charge is -1.99. The molecule has 0 spiro atoms. The Kier molecular flexibility index (Phi) is 14.9. The van der Waals surface area contributed by atoms with E-state index in [1.54, 1.807) is 0 Å². The number of carboxylic acids is 1. The van der Waals surface area contributed by atoms with Gasteiger partial charge in [0.25, 0.3) is 0 Å². The minimum atomic E-state index is -0.739. The summed E-state index contributed by atoms with van der Waals surface area (Å²) in [5.41, 5.74) is 0. The lowest BCUT2D eigenvalue weighted by atomic mass is 10.1. The maximum atomic E-state index is 10.3. The summed E-state index contributed by atoms with van der Waals surface area (Å²) >= 11 is 0. The van der Waals surface area contributed by atoms with Crippen molar-refractivity contribution in [3.8, 4) is 11.8 Å². The summed E-state index contributed by atoms with van der Waals surface area (Å²) in [5, 5.41) is 8.46. The van der Waals surface area contributed by atoms with Gasteiger partial charge in [-0.3, -0.25) is 4.79 Å². The number of hydrogen-bond acceptors (Lipinski definition) is 1. The molecule has 0 saturated heterocycles. The van der Waals surface area contributed by atoms with Crippen LogP contribution in [0, 0.1) is 11.8 Å². The molecule has 0 saturated carbocycles. The largest absolute Gasteiger partial charge is 0.481 e. The number of carboxylic acid groups (broad SMARTS) is 1. The van der Waals surface area contributed by atoms with E-state index in [4.69, 9.17) is 5.11 Å². The first kappa shape index (κ1) is 18.8. The van der Waals surface area contributed by atoms with E-state index in [1.165, 1.54) is 51.4 Å². The molecule has 0 atom stereocenters. The van der Waals surface area contributed by atoms with Crippen molar-refractivity contribution in [3.63, 3.8) is 0 Å². The predicted molar refractivity (Wildman–Crippen MR) is 85.6 cm³/mol. The highest BCUT2D eigenvalue weighted by atomic mass is 16.4. The van der Waals surface area contributed by atoms with Crippen LogP contribution in [0.15, 0.2) is 12.2 Å². The highest BCUT2D eigenvalue weighted by Gasteiger charge is 1.92. The summed E-state index contributed by atoms with van der Waals surface area (Å²) in [7, 11) is 0. The van der Waals surface area contributed by atoms with Crippen molar-refractivity contribution in [1.82, 2.24) is 0 Å². The summed E-state index contributed by atoms with van der Waals surface area (Å²) in [6, 6.07) is 0. The molecule has 0 amide bonds. The van der Waals surface area contributed by atoms with E-state index in [9.17, 15) is 4.79 Å². The summed E-state index contributed by atoms with van der Waals surface area (Å²) < 4.78 is 0. The molecule has 0 aromatic rings. The molecule has 0 aliphatic rings. The maximum absolute atomic E-state index is 10.3. The first-order valence-electron chi connectivity index (χ1n) is 8.12. The zero-order valence-corrected chi connectivity index (χ0v) is 13.0. The Hall–Kier alpha value is -1.23. The molecule has 20 heavy (non-hydrogen) atoms. The molecular weight excluding hydrogens is 248 g/mol. The van der Waals surface area contributed by atoms with Crippen LogP contribution in [-0.2, 0) is 4.79 Å². The number of hydrogen-bond donors (Lipinski definition) is 1. The monoisotopic (exact) mass is 278 g/mol. The molecule has 0 bridgehead atoms. The number of unbranched alkanes of at least 4 members (excludes halogenated alkanes) is 9. The SMILES string of the molecule is CCCCCCCCCCC=CC#CCCCC(=O)O. The van der Waals surface area contributed by atoms with Crippen molar-refractivity contribution in [2.24, 2.45) is 0 Å². The molecule has 0 aromatic heterocycles. The van der Waals surface area contributed by atoms with E-state index in [-0.39, 0.29) is 6.42 Å². The average molecular weight is 278 g/mol. The average Bonchev–Trinajstić information content (AvgIpc) is 2.43. The minimum Gasteiger partial charge on any atom is -0.481 e. The third-order valence-corrected chi connectivity index (χ3v) is 3.22. The Balaban J connectivity index is 3.23. The van der Waals surface area contributed by atoms with Gasteiger partial charge in [0.15, 0.2) is 0 Å². The first-order valence-corrected chi connectivity index (χ1v) is 8.12. The molecule has 0 unspecified atom stereocenters. The zero-order valence-electron chi connectivity index (χ0n) is 13.0. The highest BCUT2D eigenvalue weighted by Crippen LogP contribution is 2.09. The van der Waals surface area contributed by atoms with Crippen LogP contribution < -0.4 is 0 Å². The molecule has 1 N–H and O–H groups in total. The number of rotatable bonds is 12. The number of allylic oxidation sites excluding steroid dienone is 2. The highest BCUT2D eigenvalue weighted by molar-refractivity contribution is 5.66. The second-order valence-corrected chi connectivity index (χ2v) is 5.23. The molecule has 0 aromatic carbocycles. The van der Waals surface area contributed by atoms with Gasteiger partial charge >= 0.3 is 5.97 Å². The van der Waals surface area contributed by atoms with Gasteiger partial charge in [-0.1, -0.05) is 69.8 Å². The lowest BCUT2D eigenvalue weighted by molar-refractivity contribution is -0.137. The number of carbonyl (C=O) groups is 1. The fourth-order valence-corrected chi connectivity index (χ4v) is 2.00. The standard InChI is InChI=1S/C18H30O2/c1-2-3-4-5-6-7-8-9-10-11-12-13-14-15-16-17-18(19)20/h11-12H,2-10,15-17H2,1H3,(H,19,20). The molecule has 0 rings (SSSR count). The van der Waals surface area contributed by atoms with Crippen LogP contribution in [0.2, 0.25) is 0 Å². The van der Waals surface area contributed by atoms with Crippen LogP contribution in [0.1, 0.15) is 84.0 Å². The lowest BCUT2D eigenvalue weighted by Crippen LogP contribution is -1.92. The first-order chi connectivity index (χ1) is 9.77. The van der Waals surface area contributed by atoms with E-state index in [0.717, 1.165) is 6.42 Å². The molecule has 0 aliphatic carbocycles. The van der Waals surface area contributed by atoms with Gasteiger partial charge in [0.2, 0.25) is 0 Å². The van der Waals surface area contributed by atoms with Gasteiger partial charge < -0.3 is 5.11 Å². The minimum absolute atomic E-state index is 0.219. The van der Waals surface area contributed by atoms with Crippen molar-refractivity contribution in [2.45, 2.75) is 84.0 Å². The molecule has 114 valence electrons. The summed E-state index contributed by atoms with van der Waals surface area (Å²) in [5.74, 6) is 5.19. The van der Waals surface area contributed by atoms with Crippen LogP contribution in [0.5, 0.6) is 0 Å². The predicted octanol–water partition coefficient (Wildman–Crippen LogP) is 5.33. The molecule has 0 fully saturated rings. The Labute approximate surface area is 124 Å². The molecule has 0 heterocycles. The van der Waals surface area contributed by atoms with Gasteiger partial charge in [-0.05, 0) is 25.3 Å². The molecule has 2 nitrogen and oxygen atoms in total. The third-order valence-electron chi connectivity index (χ3n) is 3.22. The molecule has 0 radical (unpaired) electrons. The van der Waals surface area contributed by atoms with Crippen molar-refractivity contribution in [1.29, 1.82) is 0 Å². The second-order valence-electron chi connectivity index (χ2n) is 5.23. The molecule has 0 aliphatic heterocycles. The Morgan fingerprint density at radius 2 is 1.65 bits per heavy atom. The summed E-state index contributed by atoms with van der Waals surface area (Å²) in [6.45, 7) is 2.25. The van der Waals surface area contributed by atoms with Gasteiger partial charge in [-0.2, -0.15) is 0 Å². The molecule has 2 heteroatoms. The normalized spacial score (nSPS) is 10.4. The third kappa shape index (κ3) is 16.8. The van der Waals surface area contributed by atoms with Gasteiger partial charge in [0.1, 0.15) is 0 Å². The van der Waals surface area contributed by atoms with Gasteiger partial charge in [-0.15, -0.1) is 0 Å². The van der Waals surface area contributed by atoms with E-state index in [0.29, 0.717) is 12.8 Å². The second kappa shape index (κ2) is 15.8. The van der Waals surface area contributed by atoms with Crippen molar-refractivity contribution in [2.75, 3.05) is 0 Å². The molecular formula is C18H30O2. The number of aliphatic carboxylic acids is 1. The Bertz CT molecular complexity index is 307. The van der Waals surface area contributed by atoms with E-state index < -0.39 is 5.97 Å². The van der Waals surface area contributed by atoms with Crippen LogP contribution in [0.25, 0.3) is 0 Å². The van der Waals surface area contributed by atoms with Gasteiger partial charge in [0.05, 0.1) is 0 Å². The summed E-state index contributed by atoms with van der Waals surface area (Å²) in [4.78, 5) is 10.3. The maximum Gasteiger partial charge on any atom is 0.303 e. The Morgan fingerprint density at radius 1 is 1.00 bits per heavy atom. The fourth-order valence-electron chi connectivity index (χ4n) is 2.00. The fraction of sp³-hybridized carbons (Fsp3) is 0.722. The van der Waals surface area contributed by atoms with Crippen LogP contribution in [0.4, 0.5) is 0 Å². The van der Waals surface area contributed by atoms with E-state index in [1.807, 2.05) is 6.08 Å². The van der Waals surface area contributed by atoms with E-state index in [2.05, 4.69) is 24.8 Å². The van der Waals surface area contributed by atoms with Crippen LogP contribution in [0.3, 0.4) is 0 Å². The van der Waals surface area contributed by atoms with Crippen molar-refractivity contribution >= 4 is 5.97 Å². The smallest absolute Gasteiger partial charge is 0.303 e. The quantitative estimate of drug-likeness (QED) is 0.387.